The molecule has 2 rings (SSSR count). The fourth-order valence-corrected chi connectivity index (χ4v) is 2.60. The highest BCUT2D eigenvalue weighted by atomic mass is 35.5. The number of halogens is 2. The van der Waals surface area contributed by atoms with E-state index in [0.29, 0.717) is 6.04 Å². The van der Waals surface area contributed by atoms with Crippen LogP contribution in [-0.4, -0.2) is 51.2 Å². The van der Waals surface area contributed by atoms with Gasteiger partial charge in [-0.25, -0.2) is 0 Å². The van der Waals surface area contributed by atoms with Crippen LogP contribution in [0.4, 0.5) is 5.69 Å². The quantitative estimate of drug-likeness (QED) is 0.900. The first kappa shape index (κ1) is 19.5. The Hall–Kier alpha value is -0.480. The number of nitrogens with zero attached hydrogens (tertiary/aromatic N) is 2. The van der Waals surface area contributed by atoms with Crippen LogP contribution < -0.4 is 10.2 Å². The minimum absolute atomic E-state index is 0. The molecule has 0 saturated carbocycles. The molecular formula is C15H27Cl2N3. The third-order valence-corrected chi connectivity index (χ3v) is 3.86. The molecule has 20 heavy (non-hydrogen) atoms. The Labute approximate surface area is 135 Å². The molecule has 1 aliphatic heterocycles. The van der Waals surface area contributed by atoms with Gasteiger partial charge in [-0.1, -0.05) is 18.2 Å². The van der Waals surface area contributed by atoms with E-state index >= 15 is 0 Å². The molecule has 1 fully saturated rings. The second-order valence-electron chi connectivity index (χ2n) is 5.19. The Morgan fingerprint density at radius 3 is 2.60 bits per heavy atom. The average Bonchev–Trinajstić information content (AvgIpc) is 2.46. The molecule has 116 valence electrons. The van der Waals surface area contributed by atoms with Gasteiger partial charge < -0.3 is 15.1 Å². The van der Waals surface area contributed by atoms with Gasteiger partial charge in [-0.2, -0.15) is 0 Å². The second-order valence-corrected chi connectivity index (χ2v) is 5.19. The van der Waals surface area contributed by atoms with Gasteiger partial charge in [0.1, 0.15) is 0 Å². The fraction of sp³-hybridized carbons (Fsp3) is 0.600. The summed E-state index contributed by atoms with van der Waals surface area (Å²) in [6, 6.07) is 11.3. The lowest BCUT2D eigenvalue weighted by Crippen LogP contribution is -2.46. The van der Waals surface area contributed by atoms with Gasteiger partial charge >= 0.3 is 0 Å². The Morgan fingerprint density at radius 2 is 1.95 bits per heavy atom. The Bertz CT molecular complexity index is 348. The van der Waals surface area contributed by atoms with Crippen LogP contribution in [0.3, 0.4) is 0 Å². The maximum Gasteiger partial charge on any atom is 0.0364 e. The number of hydrogen-bond donors (Lipinski definition) is 1. The minimum Gasteiger partial charge on any atom is -0.373 e. The molecule has 0 spiro atoms. The van der Waals surface area contributed by atoms with E-state index in [9.17, 15) is 0 Å². The first-order valence-corrected chi connectivity index (χ1v) is 6.95. The summed E-state index contributed by atoms with van der Waals surface area (Å²) >= 11 is 0. The monoisotopic (exact) mass is 319 g/mol. The first-order valence-electron chi connectivity index (χ1n) is 6.95. The van der Waals surface area contributed by atoms with E-state index in [0.717, 1.165) is 13.1 Å². The summed E-state index contributed by atoms with van der Waals surface area (Å²) in [6.45, 7) is 4.70. The number of piperidine rings is 1. The number of hydrogen-bond acceptors (Lipinski definition) is 3. The van der Waals surface area contributed by atoms with Crippen molar-refractivity contribution in [2.45, 2.75) is 18.9 Å². The maximum absolute atomic E-state index is 3.40. The lowest BCUT2D eigenvalue weighted by molar-refractivity contribution is 0.199. The number of benzene rings is 1. The molecule has 1 N–H and O–H groups in total. The van der Waals surface area contributed by atoms with Crippen LogP contribution >= 0.6 is 24.8 Å². The van der Waals surface area contributed by atoms with Crippen molar-refractivity contribution in [3.05, 3.63) is 30.3 Å². The molecule has 1 aromatic rings. The van der Waals surface area contributed by atoms with Gasteiger partial charge in [0.05, 0.1) is 0 Å². The Morgan fingerprint density at radius 1 is 1.25 bits per heavy atom. The summed E-state index contributed by atoms with van der Waals surface area (Å²) in [4.78, 5) is 4.91. The summed E-state index contributed by atoms with van der Waals surface area (Å²) in [7, 11) is 4.25. The molecule has 1 heterocycles. The van der Waals surface area contributed by atoms with Crippen molar-refractivity contribution in [2.24, 2.45) is 0 Å². The number of likely N-dealkylation sites (tertiary alicyclic amines) is 1. The largest absolute Gasteiger partial charge is 0.373 e. The SMILES string of the molecule is CNC1CCCN(CCN(C)c2ccccc2)C1.Cl.Cl. The molecular weight excluding hydrogens is 293 g/mol. The molecule has 0 aromatic heterocycles. The van der Waals surface area contributed by atoms with Crippen molar-refractivity contribution < 1.29 is 0 Å². The highest BCUT2D eigenvalue weighted by Crippen LogP contribution is 2.12. The number of para-hydroxylation sites is 1. The lowest BCUT2D eigenvalue weighted by atomic mass is 10.1. The number of anilines is 1. The third-order valence-electron chi connectivity index (χ3n) is 3.86. The molecule has 1 saturated heterocycles. The molecule has 0 aliphatic carbocycles. The van der Waals surface area contributed by atoms with Gasteiger partial charge in [0.2, 0.25) is 0 Å². The number of likely N-dealkylation sites (N-methyl/N-ethyl adjacent to an activating group) is 2. The Balaban J connectivity index is 0.00000180. The van der Waals surface area contributed by atoms with Crippen molar-refractivity contribution in [3.8, 4) is 0 Å². The molecule has 0 radical (unpaired) electrons. The molecule has 3 nitrogen and oxygen atoms in total. The number of nitrogens with one attached hydrogen (secondary N) is 1. The summed E-state index contributed by atoms with van der Waals surface area (Å²) in [5, 5.41) is 3.40. The fourth-order valence-electron chi connectivity index (χ4n) is 2.60. The van der Waals surface area contributed by atoms with Crippen LogP contribution in [0, 0.1) is 0 Å². The summed E-state index contributed by atoms with van der Waals surface area (Å²) in [6.07, 6.45) is 2.64. The van der Waals surface area contributed by atoms with Crippen molar-refractivity contribution >= 4 is 30.5 Å². The molecule has 1 aromatic carbocycles. The zero-order valence-electron chi connectivity index (χ0n) is 12.4. The highest BCUT2D eigenvalue weighted by molar-refractivity contribution is 5.85. The van der Waals surface area contributed by atoms with E-state index < -0.39 is 0 Å². The summed E-state index contributed by atoms with van der Waals surface area (Å²) in [5.41, 5.74) is 1.31. The van der Waals surface area contributed by atoms with E-state index in [1.165, 1.54) is 31.6 Å². The van der Waals surface area contributed by atoms with Crippen LogP contribution in [-0.2, 0) is 0 Å². The van der Waals surface area contributed by atoms with Crippen LogP contribution in [0.1, 0.15) is 12.8 Å². The average molecular weight is 320 g/mol. The van der Waals surface area contributed by atoms with E-state index in [-0.39, 0.29) is 24.8 Å². The van der Waals surface area contributed by atoms with Gasteiger partial charge in [0, 0.05) is 38.4 Å². The van der Waals surface area contributed by atoms with Gasteiger partial charge in [0.25, 0.3) is 0 Å². The predicted molar refractivity (Wildman–Crippen MR) is 92.7 cm³/mol. The van der Waals surface area contributed by atoms with Crippen molar-refractivity contribution in [1.82, 2.24) is 10.2 Å². The summed E-state index contributed by atoms with van der Waals surface area (Å²) in [5.74, 6) is 0. The lowest BCUT2D eigenvalue weighted by Gasteiger charge is -2.33. The second kappa shape index (κ2) is 10.3. The normalized spacial score (nSPS) is 18.8. The molecule has 1 unspecified atom stereocenters. The smallest absolute Gasteiger partial charge is 0.0364 e. The van der Waals surface area contributed by atoms with Gasteiger partial charge in [-0.15, -0.1) is 24.8 Å². The van der Waals surface area contributed by atoms with Gasteiger partial charge in [0.15, 0.2) is 0 Å². The highest BCUT2D eigenvalue weighted by Gasteiger charge is 2.18. The van der Waals surface area contributed by atoms with Gasteiger partial charge in [-0.05, 0) is 38.6 Å². The Kier molecular flexibility index (Phi) is 10.0. The van der Waals surface area contributed by atoms with Crippen molar-refractivity contribution in [2.75, 3.05) is 45.2 Å². The zero-order valence-corrected chi connectivity index (χ0v) is 14.1. The molecule has 0 amide bonds. The van der Waals surface area contributed by atoms with Crippen molar-refractivity contribution in [3.63, 3.8) is 0 Å². The predicted octanol–water partition coefficient (Wildman–Crippen LogP) is 2.65. The standard InChI is InChI=1S/C15H25N3.2ClH/c1-16-14-7-6-10-18(13-14)12-11-17(2)15-8-4-3-5-9-15;;/h3-5,8-9,14,16H,6-7,10-13H2,1-2H3;2*1H. The van der Waals surface area contributed by atoms with Gasteiger partial charge in [-0.3, -0.25) is 0 Å². The topological polar surface area (TPSA) is 18.5 Å². The van der Waals surface area contributed by atoms with Crippen molar-refractivity contribution in [1.29, 1.82) is 0 Å². The maximum atomic E-state index is 3.40. The van der Waals surface area contributed by atoms with E-state index in [4.69, 9.17) is 0 Å². The summed E-state index contributed by atoms with van der Waals surface area (Å²) < 4.78 is 0. The molecule has 5 heteroatoms. The van der Waals surface area contributed by atoms with E-state index in [1.807, 2.05) is 0 Å². The zero-order chi connectivity index (χ0) is 12.8. The molecule has 0 bridgehead atoms. The van der Waals surface area contributed by atoms with Crippen LogP contribution in [0.25, 0.3) is 0 Å². The molecule has 1 atom stereocenters. The van der Waals surface area contributed by atoms with E-state index in [2.05, 4.69) is 59.5 Å². The molecule has 1 aliphatic rings. The van der Waals surface area contributed by atoms with Crippen LogP contribution in [0.15, 0.2) is 30.3 Å². The van der Waals surface area contributed by atoms with E-state index in [1.54, 1.807) is 0 Å². The third kappa shape index (κ3) is 5.88. The van der Waals surface area contributed by atoms with Crippen LogP contribution in [0.5, 0.6) is 0 Å². The van der Waals surface area contributed by atoms with Crippen LogP contribution in [0.2, 0.25) is 0 Å². The first-order chi connectivity index (χ1) is 8.79. The number of rotatable bonds is 5. The minimum atomic E-state index is 0.